The molecular formula is C17H19NOS. The van der Waals surface area contributed by atoms with Crippen LogP contribution in [0.3, 0.4) is 0 Å². The number of rotatable bonds is 3. The predicted molar refractivity (Wildman–Crippen MR) is 83.3 cm³/mol. The van der Waals surface area contributed by atoms with Gasteiger partial charge in [-0.15, -0.1) is 0 Å². The molecule has 2 aromatic rings. The molecule has 1 heterocycles. The lowest BCUT2D eigenvalue weighted by Crippen LogP contribution is -2.27. The Kier molecular flexibility index (Phi) is 3.88. The predicted octanol–water partition coefficient (Wildman–Crippen LogP) is 3.92. The second-order valence-electron chi connectivity index (χ2n) is 5.19. The monoisotopic (exact) mass is 285 g/mol. The van der Waals surface area contributed by atoms with Crippen LogP contribution in [-0.4, -0.2) is 16.0 Å². The highest BCUT2D eigenvalue weighted by atomic mass is 32.2. The third kappa shape index (κ3) is 2.63. The summed E-state index contributed by atoms with van der Waals surface area (Å²) in [5, 5.41) is 0.126. The average Bonchev–Trinajstić information content (AvgIpc) is 2.52. The van der Waals surface area contributed by atoms with Crippen molar-refractivity contribution in [3.05, 3.63) is 66.2 Å². The molecule has 3 rings (SSSR count). The van der Waals surface area contributed by atoms with Gasteiger partial charge in [0.25, 0.3) is 0 Å². The average molecular weight is 285 g/mol. The largest absolute Gasteiger partial charge is 0.244 e. The van der Waals surface area contributed by atoms with Crippen molar-refractivity contribution in [2.45, 2.75) is 29.4 Å². The lowest BCUT2D eigenvalue weighted by molar-refractivity contribution is 0.612. The molecule has 0 saturated heterocycles. The molecule has 0 spiro atoms. The lowest BCUT2D eigenvalue weighted by Gasteiger charge is -2.25. The van der Waals surface area contributed by atoms with Gasteiger partial charge in [-0.1, -0.05) is 48.5 Å². The van der Waals surface area contributed by atoms with E-state index in [0.717, 1.165) is 30.7 Å². The van der Waals surface area contributed by atoms with Crippen LogP contribution in [0, 0.1) is 0 Å². The molecule has 104 valence electrons. The van der Waals surface area contributed by atoms with Gasteiger partial charge in [0.1, 0.15) is 0 Å². The molecule has 1 aliphatic heterocycles. The summed E-state index contributed by atoms with van der Waals surface area (Å²) in [7, 11) is -2.28. The Morgan fingerprint density at radius 3 is 2.35 bits per heavy atom. The van der Waals surface area contributed by atoms with Crippen LogP contribution in [0.2, 0.25) is 0 Å². The molecule has 2 aromatic carbocycles. The van der Waals surface area contributed by atoms with Gasteiger partial charge < -0.3 is 0 Å². The van der Waals surface area contributed by atoms with Crippen molar-refractivity contribution in [1.29, 1.82) is 0 Å². The Labute approximate surface area is 121 Å². The Balaban J connectivity index is 1.96. The topological polar surface area (TPSA) is 29.4 Å². The maximum absolute atomic E-state index is 13.4. The highest BCUT2D eigenvalue weighted by Crippen LogP contribution is 2.28. The van der Waals surface area contributed by atoms with Gasteiger partial charge in [-0.3, -0.25) is 0 Å². The van der Waals surface area contributed by atoms with E-state index in [0.29, 0.717) is 0 Å². The van der Waals surface area contributed by atoms with Crippen LogP contribution in [0.15, 0.2) is 69.9 Å². The molecule has 0 radical (unpaired) electrons. The van der Waals surface area contributed by atoms with Crippen LogP contribution in [0.25, 0.3) is 0 Å². The van der Waals surface area contributed by atoms with Gasteiger partial charge in [-0.05, 0) is 37.0 Å². The van der Waals surface area contributed by atoms with E-state index in [1.807, 2.05) is 48.5 Å². The molecule has 0 fully saturated rings. The molecule has 3 heteroatoms. The third-order valence-electron chi connectivity index (χ3n) is 3.81. The first kappa shape index (κ1) is 13.4. The Bertz CT molecular complexity index is 673. The van der Waals surface area contributed by atoms with E-state index in [4.69, 9.17) is 0 Å². The summed E-state index contributed by atoms with van der Waals surface area (Å²) in [6.07, 6.45) is 2.88. The highest BCUT2D eigenvalue weighted by Gasteiger charge is 2.27. The van der Waals surface area contributed by atoms with Gasteiger partial charge in [-0.25, -0.2) is 8.57 Å². The van der Waals surface area contributed by atoms with Crippen molar-refractivity contribution in [1.82, 2.24) is 0 Å². The van der Waals surface area contributed by atoms with E-state index >= 15 is 0 Å². The zero-order valence-electron chi connectivity index (χ0n) is 11.4. The van der Waals surface area contributed by atoms with Crippen LogP contribution in [0.4, 0.5) is 0 Å². The first-order chi connectivity index (χ1) is 9.79. The highest BCUT2D eigenvalue weighted by molar-refractivity contribution is 7.94. The molecule has 0 saturated carbocycles. The quantitative estimate of drug-likeness (QED) is 0.840. The normalized spacial score (nSPS) is 25.9. The van der Waals surface area contributed by atoms with E-state index in [9.17, 15) is 4.21 Å². The zero-order valence-corrected chi connectivity index (χ0v) is 12.3. The number of hydrogen-bond donors (Lipinski definition) is 0. The third-order valence-corrected chi connectivity index (χ3v) is 6.63. The van der Waals surface area contributed by atoms with E-state index in [1.165, 1.54) is 5.56 Å². The van der Waals surface area contributed by atoms with Crippen molar-refractivity contribution in [3.8, 4) is 0 Å². The van der Waals surface area contributed by atoms with Gasteiger partial charge in [0.05, 0.1) is 15.0 Å². The first-order valence-corrected chi connectivity index (χ1v) is 8.67. The van der Waals surface area contributed by atoms with E-state index in [1.54, 1.807) is 0 Å². The van der Waals surface area contributed by atoms with E-state index in [-0.39, 0.29) is 5.25 Å². The van der Waals surface area contributed by atoms with Gasteiger partial charge in [0, 0.05) is 11.4 Å². The standard InChI is InChI=1S/C17H19NOS/c19-20(16-10-5-2-6-11-16)17(12-7-13-18-20)14-15-8-3-1-4-9-15/h1-6,8-11,17H,7,12-14H2. The number of benzene rings is 2. The maximum atomic E-state index is 13.4. The molecule has 2 atom stereocenters. The maximum Gasteiger partial charge on any atom is 0.0784 e. The van der Waals surface area contributed by atoms with Crippen molar-refractivity contribution < 1.29 is 4.21 Å². The minimum absolute atomic E-state index is 0.126. The molecule has 0 N–H and O–H groups in total. The zero-order chi connectivity index (χ0) is 13.8. The molecule has 2 unspecified atom stereocenters. The Morgan fingerprint density at radius 1 is 1.00 bits per heavy atom. The Hall–Kier alpha value is -1.61. The summed E-state index contributed by atoms with van der Waals surface area (Å²) >= 11 is 0. The summed E-state index contributed by atoms with van der Waals surface area (Å²) in [5.74, 6) is 0. The molecular weight excluding hydrogens is 266 g/mol. The summed E-state index contributed by atoms with van der Waals surface area (Å²) in [6.45, 7) is 0.721. The second-order valence-corrected chi connectivity index (χ2v) is 7.72. The minimum atomic E-state index is -2.28. The minimum Gasteiger partial charge on any atom is -0.244 e. The van der Waals surface area contributed by atoms with Gasteiger partial charge in [-0.2, -0.15) is 0 Å². The van der Waals surface area contributed by atoms with Crippen molar-refractivity contribution in [3.63, 3.8) is 0 Å². The van der Waals surface area contributed by atoms with Crippen LogP contribution >= 0.6 is 0 Å². The fourth-order valence-corrected chi connectivity index (χ4v) is 5.36. The fraction of sp³-hybridized carbons (Fsp3) is 0.294. The summed E-state index contributed by atoms with van der Waals surface area (Å²) in [4.78, 5) is 0.889. The van der Waals surface area contributed by atoms with E-state index in [2.05, 4.69) is 16.5 Å². The van der Waals surface area contributed by atoms with Crippen LogP contribution in [-0.2, 0) is 16.1 Å². The number of hydrogen-bond acceptors (Lipinski definition) is 2. The lowest BCUT2D eigenvalue weighted by atomic mass is 10.1. The Morgan fingerprint density at radius 2 is 1.65 bits per heavy atom. The van der Waals surface area contributed by atoms with Crippen molar-refractivity contribution >= 4 is 9.73 Å². The summed E-state index contributed by atoms with van der Waals surface area (Å²) in [6, 6.07) is 20.1. The molecule has 0 aromatic heterocycles. The van der Waals surface area contributed by atoms with Gasteiger partial charge in [0.15, 0.2) is 0 Å². The van der Waals surface area contributed by atoms with E-state index < -0.39 is 9.73 Å². The second kappa shape index (κ2) is 5.80. The SMILES string of the molecule is O=S1(c2ccccc2)=NCCCC1Cc1ccccc1. The van der Waals surface area contributed by atoms with Crippen LogP contribution in [0.1, 0.15) is 18.4 Å². The van der Waals surface area contributed by atoms with Crippen LogP contribution < -0.4 is 0 Å². The number of nitrogens with zero attached hydrogens (tertiary/aromatic N) is 1. The smallest absolute Gasteiger partial charge is 0.0784 e. The van der Waals surface area contributed by atoms with Gasteiger partial charge >= 0.3 is 0 Å². The molecule has 2 nitrogen and oxygen atoms in total. The fourth-order valence-electron chi connectivity index (χ4n) is 2.76. The molecule has 0 amide bonds. The molecule has 20 heavy (non-hydrogen) atoms. The van der Waals surface area contributed by atoms with Crippen LogP contribution in [0.5, 0.6) is 0 Å². The summed E-state index contributed by atoms with van der Waals surface area (Å²) in [5.41, 5.74) is 1.25. The summed E-state index contributed by atoms with van der Waals surface area (Å²) < 4.78 is 17.9. The molecule has 1 aliphatic rings. The molecule has 0 aliphatic carbocycles. The first-order valence-electron chi connectivity index (χ1n) is 7.10. The molecule has 0 bridgehead atoms. The van der Waals surface area contributed by atoms with Crippen molar-refractivity contribution in [2.75, 3.05) is 6.54 Å². The van der Waals surface area contributed by atoms with Gasteiger partial charge in [0.2, 0.25) is 0 Å². The van der Waals surface area contributed by atoms with Crippen molar-refractivity contribution in [2.24, 2.45) is 4.36 Å².